The number of carboxylic acid groups (broad SMARTS) is 1. The Balaban J connectivity index is 2.21. The number of hydrogen-bond acceptors (Lipinski definition) is 4. The largest absolute Gasteiger partial charge is 0.479 e. The van der Waals surface area contributed by atoms with Crippen LogP contribution in [0.2, 0.25) is 0 Å². The number of rotatable bonds is 8. The first kappa shape index (κ1) is 17.4. The lowest BCUT2D eigenvalue weighted by Crippen LogP contribution is -2.30. The fourth-order valence-corrected chi connectivity index (χ4v) is 2.26. The van der Waals surface area contributed by atoms with E-state index < -0.39 is 23.7 Å². The first-order valence-electron chi connectivity index (χ1n) is 6.15. The molecule has 0 radical (unpaired) electrons. The van der Waals surface area contributed by atoms with Crippen LogP contribution in [0.3, 0.4) is 0 Å². The molecule has 1 aromatic carbocycles. The summed E-state index contributed by atoms with van der Waals surface area (Å²) in [5, 5.41) is 19.9. The number of aliphatic hydroxyl groups excluding tert-OH is 1. The number of carbonyl (C=O) groups is 2. The molecule has 0 aliphatic heterocycles. The summed E-state index contributed by atoms with van der Waals surface area (Å²) in [6.07, 6.45) is -1.42. The Labute approximate surface area is 124 Å². The van der Waals surface area contributed by atoms with Gasteiger partial charge in [-0.25, -0.2) is 13.6 Å². The van der Waals surface area contributed by atoms with Crippen molar-refractivity contribution in [3.05, 3.63) is 29.8 Å². The van der Waals surface area contributed by atoms with Crippen LogP contribution in [0.25, 0.3) is 0 Å². The maximum atomic E-state index is 12.9. The van der Waals surface area contributed by atoms with E-state index in [1.807, 2.05) is 0 Å². The molecule has 0 fully saturated rings. The molecule has 0 saturated heterocycles. The third kappa shape index (κ3) is 6.54. The Morgan fingerprint density at radius 3 is 2.62 bits per heavy atom. The number of aliphatic carboxylic acids is 1. The van der Waals surface area contributed by atoms with Crippen molar-refractivity contribution in [2.75, 3.05) is 12.3 Å². The monoisotopic (exact) mass is 319 g/mol. The molecule has 0 aromatic heterocycles. The highest BCUT2D eigenvalue weighted by Gasteiger charge is 2.12. The van der Waals surface area contributed by atoms with E-state index in [0.29, 0.717) is 10.6 Å². The summed E-state index contributed by atoms with van der Waals surface area (Å²) in [7, 11) is 0. The van der Waals surface area contributed by atoms with Gasteiger partial charge in [-0.3, -0.25) is 4.79 Å². The summed E-state index contributed by atoms with van der Waals surface area (Å²) < 4.78 is 25.6. The van der Waals surface area contributed by atoms with Crippen LogP contribution in [0, 0.1) is 11.6 Å². The summed E-state index contributed by atoms with van der Waals surface area (Å²) in [4.78, 5) is 22.3. The van der Waals surface area contributed by atoms with Crippen LogP contribution >= 0.6 is 11.8 Å². The topological polar surface area (TPSA) is 86.6 Å². The summed E-state index contributed by atoms with van der Waals surface area (Å²) >= 11 is 1.21. The highest BCUT2D eigenvalue weighted by atomic mass is 32.2. The maximum Gasteiger partial charge on any atom is 0.332 e. The van der Waals surface area contributed by atoms with Crippen LogP contribution in [0.4, 0.5) is 8.78 Å². The minimum atomic E-state index is -1.50. The van der Waals surface area contributed by atoms with E-state index in [4.69, 9.17) is 10.2 Å². The number of thioether (sulfide) groups is 1. The van der Waals surface area contributed by atoms with E-state index in [-0.39, 0.29) is 25.3 Å². The molecule has 0 unspecified atom stereocenters. The van der Waals surface area contributed by atoms with Crippen LogP contribution in [-0.4, -0.2) is 40.5 Å². The molecule has 1 amide bonds. The Bertz CT molecular complexity index is 513. The van der Waals surface area contributed by atoms with Gasteiger partial charge in [-0.2, -0.15) is 0 Å². The van der Waals surface area contributed by atoms with E-state index in [2.05, 4.69) is 5.32 Å². The van der Waals surface area contributed by atoms with Crippen LogP contribution in [-0.2, 0) is 9.59 Å². The van der Waals surface area contributed by atoms with Crippen molar-refractivity contribution in [2.45, 2.75) is 23.8 Å². The Morgan fingerprint density at radius 2 is 2.00 bits per heavy atom. The average Bonchev–Trinajstić information content (AvgIpc) is 2.42. The van der Waals surface area contributed by atoms with Crippen LogP contribution in [0.15, 0.2) is 23.1 Å². The van der Waals surface area contributed by atoms with Gasteiger partial charge in [0.2, 0.25) is 5.91 Å². The Kier molecular flexibility index (Phi) is 7.10. The molecule has 0 aliphatic carbocycles. The number of amides is 1. The van der Waals surface area contributed by atoms with Gasteiger partial charge in [0.05, 0.1) is 0 Å². The molecule has 0 spiro atoms. The molecule has 1 aromatic rings. The quantitative estimate of drug-likeness (QED) is 0.631. The minimum absolute atomic E-state index is 0.0577. The molecule has 0 aliphatic rings. The molecular weight excluding hydrogens is 304 g/mol. The molecular formula is C13H15F2NO4S. The second kappa shape index (κ2) is 8.58. The van der Waals surface area contributed by atoms with Crippen molar-refractivity contribution in [1.82, 2.24) is 5.32 Å². The molecule has 3 N–H and O–H groups in total. The summed E-state index contributed by atoms with van der Waals surface area (Å²) in [5.74, 6) is -3.12. The Morgan fingerprint density at radius 1 is 1.29 bits per heavy atom. The van der Waals surface area contributed by atoms with E-state index >= 15 is 0 Å². The number of halogens is 2. The van der Waals surface area contributed by atoms with E-state index in [1.54, 1.807) is 0 Å². The van der Waals surface area contributed by atoms with Gasteiger partial charge in [0.15, 0.2) is 17.7 Å². The average molecular weight is 319 g/mol. The van der Waals surface area contributed by atoms with Crippen molar-refractivity contribution >= 4 is 23.6 Å². The molecule has 21 heavy (non-hydrogen) atoms. The highest BCUT2D eigenvalue weighted by Crippen LogP contribution is 2.20. The van der Waals surface area contributed by atoms with E-state index in [9.17, 15) is 18.4 Å². The SMILES string of the molecule is O=C(CCSc1ccc(F)c(F)c1)NCC[C@H](O)C(=O)O. The lowest BCUT2D eigenvalue weighted by Gasteiger charge is -2.07. The maximum absolute atomic E-state index is 12.9. The summed E-state index contributed by atoms with van der Waals surface area (Å²) in [5.41, 5.74) is 0. The third-order valence-corrected chi connectivity index (χ3v) is 3.51. The van der Waals surface area contributed by atoms with Crippen LogP contribution < -0.4 is 5.32 Å². The second-order valence-corrected chi connectivity index (χ2v) is 5.34. The summed E-state index contributed by atoms with van der Waals surface area (Å²) in [6, 6.07) is 3.50. The highest BCUT2D eigenvalue weighted by molar-refractivity contribution is 7.99. The van der Waals surface area contributed by atoms with Gasteiger partial charge in [0.1, 0.15) is 0 Å². The van der Waals surface area contributed by atoms with Crippen LogP contribution in [0.1, 0.15) is 12.8 Å². The smallest absolute Gasteiger partial charge is 0.332 e. The van der Waals surface area contributed by atoms with Gasteiger partial charge >= 0.3 is 5.97 Å². The zero-order valence-corrected chi connectivity index (χ0v) is 11.8. The predicted molar refractivity (Wildman–Crippen MR) is 73.0 cm³/mol. The zero-order chi connectivity index (χ0) is 15.8. The normalized spacial score (nSPS) is 12.0. The standard InChI is InChI=1S/C13H15F2NO4S/c14-9-2-1-8(7-10(9)15)21-6-4-12(18)16-5-3-11(17)13(19)20/h1-2,7,11,17H,3-6H2,(H,16,18)(H,19,20)/t11-/m0/s1. The first-order chi connectivity index (χ1) is 9.90. The lowest BCUT2D eigenvalue weighted by molar-refractivity contribution is -0.147. The number of benzene rings is 1. The third-order valence-electron chi connectivity index (χ3n) is 2.51. The lowest BCUT2D eigenvalue weighted by atomic mass is 10.2. The second-order valence-electron chi connectivity index (χ2n) is 4.17. The minimum Gasteiger partial charge on any atom is -0.479 e. The van der Waals surface area contributed by atoms with Gasteiger partial charge < -0.3 is 15.5 Å². The number of carboxylic acids is 1. The van der Waals surface area contributed by atoms with Gasteiger partial charge in [-0.05, 0) is 18.2 Å². The van der Waals surface area contributed by atoms with Crippen molar-refractivity contribution in [3.8, 4) is 0 Å². The fourth-order valence-electron chi connectivity index (χ4n) is 1.39. The molecule has 116 valence electrons. The van der Waals surface area contributed by atoms with Crippen molar-refractivity contribution < 1.29 is 28.6 Å². The Hall–Kier alpha value is -1.67. The number of hydrogen-bond donors (Lipinski definition) is 3. The van der Waals surface area contributed by atoms with E-state index in [1.165, 1.54) is 17.8 Å². The van der Waals surface area contributed by atoms with Gasteiger partial charge in [-0.15, -0.1) is 11.8 Å². The molecule has 5 nitrogen and oxygen atoms in total. The number of carbonyl (C=O) groups excluding carboxylic acids is 1. The summed E-state index contributed by atoms with van der Waals surface area (Å²) in [6.45, 7) is 0.0577. The molecule has 1 atom stereocenters. The molecule has 0 saturated carbocycles. The van der Waals surface area contributed by atoms with Gasteiger partial charge in [-0.1, -0.05) is 0 Å². The number of aliphatic hydroxyl groups is 1. The van der Waals surface area contributed by atoms with Gasteiger partial charge in [0.25, 0.3) is 0 Å². The van der Waals surface area contributed by atoms with Gasteiger partial charge in [0, 0.05) is 30.0 Å². The molecule has 8 heteroatoms. The van der Waals surface area contributed by atoms with Crippen LogP contribution in [0.5, 0.6) is 0 Å². The number of nitrogens with one attached hydrogen (secondary N) is 1. The molecule has 0 heterocycles. The van der Waals surface area contributed by atoms with Crippen molar-refractivity contribution in [1.29, 1.82) is 0 Å². The molecule has 0 bridgehead atoms. The van der Waals surface area contributed by atoms with Crippen molar-refractivity contribution in [3.63, 3.8) is 0 Å². The van der Waals surface area contributed by atoms with Crippen molar-refractivity contribution in [2.24, 2.45) is 0 Å². The van der Waals surface area contributed by atoms with E-state index in [0.717, 1.165) is 12.1 Å². The fraction of sp³-hybridized carbons (Fsp3) is 0.385. The molecule has 1 rings (SSSR count). The zero-order valence-electron chi connectivity index (χ0n) is 11.0. The predicted octanol–water partition coefficient (Wildman–Crippen LogP) is 1.40. The first-order valence-corrected chi connectivity index (χ1v) is 7.14.